The van der Waals surface area contributed by atoms with Crippen LogP contribution in [0.5, 0.6) is 0 Å². The van der Waals surface area contributed by atoms with Gasteiger partial charge in [-0.1, -0.05) is 25.4 Å². The van der Waals surface area contributed by atoms with Gasteiger partial charge in [0.05, 0.1) is 18.7 Å². The Morgan fingerprint density at radius 2 is 2.05 bits per heavy atom. The molecule has 4 N–H and O–H groups in total. The second-order valence-electron chi connectivity index (χ2n) is 4.85. The van der Waals surface area contributed by atoms with Crippen LogP contribution in [-0.2, 0) is 12.7 Å². The minimum atomic E-state index is -4.38. The Kier molecular flexibility index (Phi) is 5.68. The number of benzene rings is 1. The highest BCUT2D eigenvalue weighted by Gasteiger charge is 2.30. The van der Waals surface area contributed by atoms with E-state index in [2.05, 4.69) is 10.3 Å². The fraction of sp³-hybridized carbons (Fsp3) is 0.462. The van der Waals surface area contributed by atoms with Crippen LogP contribution in [0.15, 0.2) is 18.2 Å². The first kappa shape index (κ1) is 16.6. The smallest absolute Gasteiger partial charge is 0.291 e. The maximum Gasteiger partial charge on any atom is 0.416 e. The van der Waals surface area contributed by atoms with E-state index in [1.54, 1.807) is 0 Å². The average Bonchev–Trinajstić information content (AvgIpc) is 2.33. The van der Waals surface area contributed by atoms with Crippen LogP contribution < -0.4 is 16.0 Å². The van der Waals surface area contributed by atoms with Crippen LogP contribution in [0.25, 0.3) is 0 Å². The Bertz CT molecular complexity index is 484. The molecule has 0 aromatic heterocycles. The Balaban J connectivity index is 2.79. The number of hydrogen-bond acceptors (Lipinski definition) is 0. The topological polar surface area (TPSA) is 52.0 Å². The summed E-state index contributed by atoms with van der Waals surface area (Å²) in [5, 5.41) is 3.20. The van der Waals surface area contributed by atoms with Crippen molar-refractivity contribution < 1.29 is 18.2 Å². The molecular weight excluding hydrogens is 291 g/mol. The lowest BCUT2D eigenvalue weighted by Gasteiger charge is -2.09. The van der Waals surface area contributed by atoms with Crippen LogP contribution in [0.4, 0.5) is 13.2 Å². The molecule has 0 heterocycles. The van der Waals surface area contributed by atoms with Gasteiger partial charge in [0.2, 0.25) is 0 Å². The molecule has 0 radical (unpaired) electrons. The van der Waals surface area contributed by atoms with Crippen molar-refractivity contribution >= 4 is 17.6 Å². The average molecular weight is 309 g/mol. The van der Waals surface area contributed by atoms with Crippen molar-refractivity contribution in [2.75, 3.05) is 6.54 Å². The number of alkyl halides is 3. The zero-order valence-corrected chi connectivity index (χ0v) is 12.1. The summed E-state index contributed by atoms with van der Waals surface area (Å²) in [5.74, 6) is 0.722. The lowest BCUT2D eigenvalue weighted by Crippen LogP contribution is -2.77. The van der Waals surface area contributed by atoms with Gasteiger partial charge in [0.25, 0.3) is 0 Å². The molecule has 112 valence electrons. The third-order valence-corrected chi connectivity index (χ3v) is 2.91. The Labute approximate surface area is 121 Å². The number of rotatable bonds is 4. The zero-order valence-electron chi connectivity index (χ0n) is 11.3. The molecule has 0 saturated carbocycles. The van der Waals surface area contributed by atoms with Crippen LogP contribution in [0.1, 0.15) is 25.0 Å². The van der Waals surface area contributed by atoms with Crippen molar-refractivity contribution in [2.45, 2.75) is 26.6 Å². The molecule has 0 bridgehead atoms. The molecule has 0 amide bonds. The highest BCUT2D eigenvalue weighted by molar-refractivity contribution is 6.31. The van der Waals surface area contributed by atoms with Crippen molar-refractivity contribution in [2.24, 2.45) is 11.7 Å². The lowest BCUT2D eigenvalue weighted by atomic mass is 10.1. The summed E-state index contributed by atoms with van der Waals surface area (Å²) >= 11 is 5.88. The molecule has 1 rings (SSSR count). The predicted octanol–water partition coefficient (Wildman–Crippen LogP) is 1.50. The summed E-state index contributed by atoms with van der Waals surface area (Å²) in [6.45, 7) is 4.84. The van der Waals surface area contributed by atoms with Crippen LogP contribution in [0, 0.1) is 5.92 Å². The minimum Gasteiger partial charge on any atom is -0.291 e. The van der Waals surface area contributed by atoms with Crippen LogP contribution in [0.3, 0.4) is 0 Å². The molecule has 0 aliphatic rings. The summed E-state index contributed by atoms with van der Waals surface area (Å²) in [6.07, 6.45) is -4.38. The van der Waals surface area contributed by atoms with E-state index in [-0.39, 0.29) is 11.6 Å². The molecule has 1 aromatic carbocycles. The highest BCUT2D eigenvalue weighted by Crippen LogP contribution is 2.31. The molecule has 0 unspecified atom stereocenters. The van der Waals surface area contributed by atoms with Crippen LogP contribution >= 0.6 is 11.6 Å². The monoisotopic (exact) mass is 308 g/mol. The maximum absolute atomic E-state index is 12.6. The van der Waals surface area contributed by atoms with Gasteiger partial charge < -0.3 is 0 Å². The van der Waals surface area contributed by atoms with Gasteiger partial charge in [0.15, 0.2) is 0 Å². The van der Waals surface area contributed by atoms with Gasteiger partial charge in [0, 0.05) is 10.6 Å². The summed E-state index contributed by atoms with van der Waals surface area (Å²) in [4.78, 5) is 2.81. The van der Waals surface area contributed by atoms with Crippen molar-refractivity contribution in [1.82, 2.24) is 5.32 Å². The quantitative estimate of drug-likeness (QED) is 0.583. The molecule has 0 aliphatic heterocycles. The van der Waals surface area contributed by atoms with E-state index in [9.17, 15) is 13.2 Å². The van der Waals surface area contributed by atoms with Crippen molar-refractivity contribution in [3.05, 3.63) is 34.3 Å². The minimum absolute atomic E-state index is 0.125. The molecule has 0 fully saturated rings. The number of halogens is 4. The summed E-state index contributed by atoms with van der Waals surface area (Å²) in [6, 6.07) is 3.21. The van der Waals surface area contributed by atoms with Crippen molar-refractivity contribution in [3.63, 3.8) is 0 Å². The largest absolute Gasteiger partial charge is 0.416 e. The Morgan fingerprint density at radius 3 is 2.60 bits per heavy atom. The van der Waals surface area contributed by atoms with E-state index in [4.69, 9.17) is 17.3 Å². The van der Waals surface area contributed by atoms with Gasteiger partial charge in [-0.15, -0.1) is 0 Å². The van der Waals surface area contributed by atoms with Gasteiger partial charge in [-0.25, -0.2) is 0 Å². The van der Waals surface area contributed by atoms with Gasteiger partial charge in [0.1, 0.15) is 0 Å². The number of guanidine groups is 1. The molecule has 20 heavy (non-hydrogen) atoms. The van der Waals surface area contributed by atoms with Gasteiger partial charge in [-0.2, -0.15) is 13.2 Å². The third kappa shape index (κ3) is 5.28. The molecule has 0 spiro atoms. The van der Waals surface area contributed by atoms with Crippen LogP contribution in [0.2, 0.25) is 5.02 Å². The van der Waals surface area contributed by atoms with Gasteiger partial charge >= 0.3 is 12.1 Å². The number of nitrogens with one attached hydrogen (secondary N) is 2. The standard InChI is InChI=1S/C13H17ClF3N3/c1-8(2)6-19-12(18)20-7-9-5-10(13(15,16)17)3-4-11(9)14/h3-5,8H,6-7H2,1-2H3,(H3,18,19,20)/p+1. The van der Waals surface area contributed by atoms with Crippen LogP contribution in [-0.4, -0.2) is 12.5 Å². The van der Waals surface area contributed by atoms with E-state index >= 15 is 0 Å². The van der Waals surface area contributed by atoms with E-state index in [0.717, 1.165) is 12.1 Å². The summed E-state index contributed by atoms with van der Waals surface area (Å²) < 4.78 is 37.8. The fourth-order valence-electron chi connectivity index (χ4n) is 1.45. The molecule has 7 heteroatoms. The summed E-state index contributed by atoms with van der Waals surface area (Å²) in [7, 11) is 0. The van der Waals surface area contributed by atoms with E-state index < -0.39 is 11.7 Å². The number of nitrogens with two attached hydrogens (primary N) is 1. The fourth-order valence-corrected chi connectivity index (χ4v) is 1.64. The number of hydrogen-bond donors (Lipinski definition) is 3. The molecule has 0 aliphatic carbocycles. The normalized spacial score (nSPS) is 12.8. The lowest BCUT2D eigenvalue weighted by molar-refractivity contribution is -0.478. The molecular formula is C13H18ClF3N3+. The highest BCUT2D eigenvalue weighted by atomic mass is 35.5. The van der Waals surface area contributed by atoms with Crippen molar-refractivity contribution in [3.8, 4) is 0 Å². The molecule has 3 nitrogen and oxygen atoms in total. The molecule has 1 aromatic rings. The third-order valence-electron chi connectivity index (χ3n) is 2.54. The predicted molar refractivity (Wildman–Crippen MR) is 73.2 cm³/mol. The molecule has 0 saturated heterocycles. The second kappa shape index (κ2) is 6.83. The van der Waals surface area contributed by atoms with E-state index in [0.29, 0.717) is 24.0 Å². The zero-order chi connectivity index (χ0) is 15.3. The first-order valence-corrected chi connectivity index (χ1v) is 6.53. The Morgan fingerprint density at radius 1 is 1.40 bits per heavy atom. The van der Waals surface area contributed by atoms with E-state index in [1.165, 1.54) is 6.07 Å². The Hall–Kier alpha value is -1.43. The van der Waals surface area contributed by atoms with Crippen molar-refractivity contribution in [1.29, 1.82) is 0 Å². The second-order valence-corrected chi connectivity index (χ2v) is 5.25. The van der Waals surface area contributed by atoms with E-state index in [1.807, 2.05) is 13.8 Å². The maximum atomic E-state index is 12.6. The SMILES string of the molecule is CC(C)CNC(N)=[NH+]Cc1cc(C(F)(F)F)ccc1Cl. The molecule has 0 atom stereocenters. The van der Waals surface area contributed by atoms with Gasteiger partial charge in [-0.05, 0) is 24.1 Å². The first-order valence-electron chi connectivity index (χ1n) is 6.16. The van der Waals surface area contributed by atoms with Gasteiger partial charge in [-0.3, -0.25) is 16.0 Å². The summed E-state index contributed by atoms with van der Waals surface area (Å²) in [5.41, 5.74) is 5.29. The first-order chi connectivity index (χ1) is 9.20.